The average molecular weight is 437 g/mol. The SMILES string of the molecule is CCNC(=O)NN1CCc2n[nH]c(NC(=O)C(C)c3cccc4cc(OC)ccc34)c2C1. The van der Waals surface area contributed by atoms with E-state index in [0.29, 0.717) is 31.9 Å². The van der Waals surface area contributed by atoms with Crippen LogP contribution in [0.25, 0.3) is 10.8 Å². The number of aromatic nitrogens is 2. The molecule has 0 saturated carbocycles. The first kappa shape index (κ1) is 21.6. The second-order valence-corrected chi connectivity index (χ2v) is 7.81. The molecule has 0 aliphatic carbocycles. The summed E-state index contributed by atoms with van der Waals surface area (Å²) >= 11 is 0. The lowest BCUT2D eigenvalue weighted by Crippen LogP contribution is -2.49. The van der Waals surface area contributed by atoms with Crippen molar-refractivity contribution in [1.82, 2.24) is 25.9 Å². The fourth-order valence-corrected chi connectivity index (χ4v) is 4.00. The van der Waals surface area contributed by atoms with Crippen LogP contribution in [-0.4, -0.2) is 47.3 Å². The van der Waals surface area contributed by atoms with Crippen LogP contribution >= 0.6 is 0 Å². The molecule has 4 rings (SSSR count). The van der Waals surface area contributed by atoms with E-state index in [2.05, 4.69) is 26.3 Å². The summed E-state index contributed by atoms with van der Waals surface area (Å²) in [6.07, 6.45) is 0.675. The molecule has 1 aliphatic heterocycles. The first-order valence-electron chi connectivity index (χ1n) is 10.7. The number of hydrazine groups is 1. The van der Waals surface area contributed by atoms with Gasteiger partial charge in [0.2, 0.25) is 5.91 Å². The van der Waals surface area contributed by atoms with Gasteiger partial charge in [-0.3, -0.25) is 15.3 Å². The fraction of sp³-hybridized carbons (Fsp3) is 0.348. The van der Waals surface area contributed by atoms with Gasteiger partial charge >= 0.3 is 6.03 Å². The molecule has 1 aromatic heterocycles. The number of urea groups is 1. The normalized spacial score (nSPS) is 14.5. The summed E-state index contributed by atoms with van der Waals surface area (Å²) in [7, 11) is 1.64. The van der Waals surface area contributed by atoms with Crippen molar-refractivity contribution in [3.63, 3.8) is 0 Å². The molecule has 0 bridgehead atoms. The zero-order chi connectivity index (χ0) is 22.7. The van der Waals surface area contributed by atoms with Gasteiger partial charge in [0.1, 0.15) is 11.6 Å². The Labute approximate surface area is 186 Å². The molecule has 4 N–H and O–H groups in total. The van der Waals surface area contributed by atoms with Crippen LogP contribution in [0.3, 0.4) is 0 Å². The topological polar surface area (TPSA) is 111 Å². The smallest absolute Gasteiger partial charge is 0.329 e. The largest absolute Gasteiger partial charge is 0.497 e. The quantitative estimate of drug-likeness (QED) is 0.475. The summed E-state index contributed by atoms with van der Waals surface area (Å²) in [4.78, 5) is 25.0. The molecule has 0 saturated heterocycles. The van der Waals surface area contributed by atoms with Crippen LogP contribution in [-0.2, 0) is 17.8 Å². The fourth-order valence-electron chi connectivity index (χ4n) is 4.00. The number of aromatic amines is 1. The van der Waals surface area contributed by atoms with Crippen LogP contribution in [0.15, 0.2) is 36.4 Å². The number of hydrogen-bond donors (Lipinski definition) is 4. The number of carbonyl (C=O) groups excluding carboxylic acids is 2. The van der Waals surface area contributed by atoms with Crippen molar-refractivity contribution in [2.45, 2.75) is 32.7 Å². The monoisotopic (exact) mass is 436 g/mol. The number of nitrogens with zero attached hydrogens (tertiary/aromatic N) is 2. The van der Waals surface area contributed by atoms with Crippen molar-refractivity contribution >= 4 is 28.5 Å². The highest BCUT2D eigenvalue weighted by molar-refractivity contribution is 5.99. The number of carbonyl (C=O) groups is 2. The molecule has 32 heavy (non-hydrogen) atoms. The molecule has 1 unspecified atom stereocenters. The van der Waals surface area contributed by atoms with Crippen molar-refractivity contribution in [3.05, 3.63) is 53.2 Å². The minimum Gasteiger partial charge on any atom is -0.497 e. The first-order chi connectivity index (χ1) is 15.5. The third-order valence-electron chi connectivity index (χ3n) is 5.75. The summed E-state index contributed by atoms with van der Waals surface area (Å²) in [6, 6.07) is 11.5. The third-order valence-corrected chi connectivity index (χ3v) is 5.75. The van der Waals surface area contributed by atoms with E-state index in [0.717, 1.165) is 33.3 Å². The number of hydrogen-bond acceptors (Lipinski definition) is 5. The molecule has 9 nitrogen and oxygen atoms in total. The van der Waals surface area contributed by atoms with E-state index in [1.54, 1.807) is 7.11 Å². The second-order valence-electron chi connectivity index (χ2n) is 7.81. The third kappa shape index (κ3) is 4.38. The summed E-state index contributed by atoms with van der Waals surface area (Å²) in [5.41, 5.74) is 5.56. The second kappa shape index (κ2) is 9.27. The number of H-pyrrole nitrogens is 1. The van der Waals surface area contributed by atoms with Gasteiger partial charge in [-0.2, -0.15) is 5.10 Å². The van der Waals surface area contributed by atoms with E-state index in [1.807, 2.05) is 55.3 Å². The number of amides is 3. The Morgan fingerprint density at radius 2 is 2.12 bits per heavy atom. The minimum absolute atomic E-state index is 0.131. The molecule has 3 amide bonds. The van der Waals surface area contributed by atoms with Gasteiger partial charge in [-0.1, -0.05) is 24.3 Å². The molecule has 2 heterocycles. The summed E-state index contributed by atoms with van der Waals surface area (Å²) in [6.45, 7) is 5.42. The highest BCUT2D eigenvalue weighted by Gasteiger charge is 2.26. The van der Waals surface area contributed by atoms with Gasteiger partial charge in [-0.05, 0) is 42.3 Å². The van der Waals surface area contributed by atoms with E-state index in [4.69, 9.17) is 4.74 Å². The number of methoxy groups -OCH3 is 1. The van der Waals surface area contributed by atoms with Crippen molar-refractivity contribution in [1.29, 1.82) is 0 Å². The molecule has 3 aromatic rings. The van der Waals surface area contributed by atoms with E-state index >= 15 is 0 Å². The maximum absolute atomic E-state index is 13.1. The van der Waals surface area contributed by atoms with E-state index in [9.17, 15) is 9.59 Å². The van der Waals surface area contributed by atoms with Crippen molar-refractivity contribution in [3.8, 4) is 5.75 Å². The molecule has 0 radical (unpaired) electrons. The minimum atomic E-state index is -0.376. The van der Waals surface area contributed by atoms with Gasteiger partial charge in [0.05, 0.1) is 18.7 Å². The Hall–Kier alpha value is -3.59. The van der Waals surface area contributed by atoms with Gasteiger partial charge in [-0.25, -0.2) is 9.80 Å². The van der Waals surface area contributed by atoms with Gasteiger partial charge in [0.25, 0.3) is 0 Å². The lowest BCUT2D eigenvalue weighted by Gasteiger charge is -2.27. The molecular formula is C23H28N6O3. The summed E-state index contributed by atoms with van der Waals surface area (Å²) in [5, 5.41) is 16.9. The molecular weight excluding hydrogens is 408 g/mol. The van der Waals surface area contributed by atoms with Crippen LogP contribution in [0.4, 0.5) is 10.6 Å². The highest BCUT2D eigenvalue weighted by atomic mass is 16.5. The van der Waals surface area contributed by atoms with E-state index in [-0.39, 0.29) is 17.9 Å². The summed E-state index contributed by atoms with van der Waals surface area (Å²) < 4.78 is 5.31. The zero-order valence-electron chi connectivity index (χ0n) is 18.5. The van der Waals surface area contributed by atoms with Gasteiger partial charge in [-0.15, -0.1) is 0 Å². The van der Waals surface area contributed by atoms with E-state index in [1.165, 1.54) is 0 Å². The number of rotatable bonds is 6. The molecule has 168 valence electrons. The van der Waals surface area contributed by atoms with Crippen LogP contribution in [0.1, 0.15) is 36.6 Å². The lowest BCUT2D eigenvalue weighted by molar-refractivity contribution is -0.117. The summed E-state index contributed by atoms with van der Waals surface area (Å²) in [5.74, 6) is 0.843. The predicted octanol–water partition coefficient (Wildman–Crippen LogP) is 2.91. The van der Waals surface area contributed by atoms with Gasteiger partial charge in [0, 0.05) is 31.6 Å². The Bertz CT molecular complexity index is 1140. The molecule has 1 atom stereocenters. The average Bonchev–Trinajstić information content (AvgIpc) is 3.19. The molecule has 0 fully saturated rings. The molecule has 0 spiro atoms. The molecule has 1 aliphatic rings. The van der Waals surface area contributed by atoms with E-state index < -0.39 is 0 Å². The van der Waals surface area contributed by atoms with Crippen LogP contribution in [0.5, 0.6) is 5.75 Å². The van der Waals surface area contributed by atoms with Crippen LogP contribution in [0.2, 0.25) is 0 Å². The Morgan fingerprint density at radius 3 is 2.91 bits per heavy atom. The Balaban J connectivity index is 1.50. The standard InChI is InChI=1S/C23H28N6O3/c1-4-24-23(31)28-29-11-10-20-19(13-29)21(27-26-20)25-22(30)14(2)17-7-5-6-15-12-16(32-3)8-9-18(15)17/h5-9,12,14H,4,10-11,13H2,1-3H3,(H2,24,28,31)(H2,25,26,27,30). The van der Waals surface area contributed by atoms with Gasteiger partial charge in [0.15, 0.2) is 0 Å². The van der Waals surface area contributed by atoms with Gasteiger partial charge < -0.3 is 15.4 Å². The first-order valence-corrected chi connectivity index (χ1v) is 10.7. The zero-order valence-corrected chi connectivity index (χ0v) is 18.5. The Kier molecular flexibility index (Phi) is 6.27. The Morgan fingerprint density at radius 1 is 1.28 bits per heavy atom. The van der Waals surface area contributed by atoms with Crippen molar-refractivity contribution in [2.75, 3.05) is 25.5 Å². The molecule has 9 heteroatoms. The lowest BCUT2D eigenvalue weighted by atomic mass is 9.94. The maximum Gasteiger partial charge on any atom is 0.329 e. The highest BCUT2D eigenvalue weighted by Crippen LogP contribution is 2.30. The van der Waals surface area contributed by atoms with Crippen LogP contribution < -0.4 is 20.8 Å². The van der Waals surface area contributed by atoms with Crippen LogP contribution in [0, 0.1) is 0 Å². The van der Waals surface area contributed by atoms with Crippen molar-refractivity contribution < 1.29 is 14.3 Å². The number of ether oxygens (including phenoxy) is 1. The van der Waals surface area contributed by atoms with Crippen molar-refractivity contribution in [2.24, 2.45) is 0 Å². The number of fused-ring (bicyclic) bond motifs is 2. The predicted molar refractivity (Wildman–Crippen MR) is 122 cm³/mol. The molecule has 2 aromatic carbocycles. The number of anilines is 1. The number of nitrogens with one attached hydrogen (secondary N) is 4. The number of benzene rings is 2. The maximum atomic E-state index is 13.1.